The molecule has 5 rings (SSSR count). The molecule has 2 amide bonds. The minimum Gasteiger partial charge on any atom is -0.497 e. The molecule has 1 aliphatic heterocycles. The summed E-state index contributed by atoms with van der Waals surface area (Å²) in [5, 5.41) is 0.223. The molecule has 1 aromatic heterocycles. The summed E-state index contributed by atoms with van der Waals surface area (Å²) in [4.78, 5) is 52.9. The van der Waals surface area contributed by atoms with Crippen molar-refractivity contribution in [3.63, 3.8) is 0 Å². The smallest absolute Gasteiger partial charge is 0.334 e. The van der Waals surface area contributed by atoms with Gasteiger partial charge in [0.05, 0.1) is 23.6 Å². The number of carbonyl (C=O) groups excluding carboxylic acids is 3. The van der Waals surface area contributed by atoms with E-state index in [9.17, 15) is 19.2 Å². The first-order valence-electron chi connectivity index (χ1n) is 10.8. The Morgan fingerprint density at radius 1 is 0.857 bits per heavy atom. The minimum atomic E-state index is -1.28. The van der Waals surface area contributed by atoms with Gasteiger partial charge in [0, 0.05) is 5.56 Å². The van der Waals surface area contributed by atoms with Gasteiger partial charge < -0.3 is 13.9 Å². The van der Waals surface area contributed by atoms with Crippen LogP contribution in [0.25, 0.3) is 22.3 Å². The summed E-state index contributed by atoms with van der Waals surface area (Å²) in [5.41, 5.74) is 0.657. The Hall–Kier alpha value is -4.72. The average Bonchev–Trinajstić information content (AvgIpc) is 3.15. The van der Waals surface area contributed by atoms with Crippen molar-refractivity contribution in [3.8, 4) is 22.8 Å². The van der Waals surface area contributed by atoms with Crippen molar-refractivity contribution in [1.82, 2.24) is 4.90 Å². The van der Waals surface area contributed by atoms with Crippen molar-refractivity contribution in [2.24, 2.45) is 0 Å². The Kier molecular flexibility index (Phi) is 5.41. The predicted octanol–water partition coefficient (Wildman–Crippen LogP) is 4.06. The highest BCUT2D eigenvalue weighted by molar-refractivity contribution is 6.22. The van der Waals surface area contributed by atoms with Gasteiger partial charge in [0.1, 0.15) is 17.4 Å². The van der Waals surface area contributed by atoms with E-state index in [1.165, 1.54) is 26.2 Å². The highest BCUT2D eigenvalue weighted by Crippen LogP contribution is 2.33. The number of ether oxygens (including phenoxy) is 2. The number of fused-ring (bicyclic) bond motifs is 2. The Bertz CT molecular complexity index is 1520. The number of esters is 1. The topological polar surface area (TPSA) is 103 Å². The van der Waals surface area contributed by atoms with Crippen molar-refractivity contribution in [2.45, 2.75) is 13.0 Å². The van der Waals surface area contributed by atoms with E-state index >= 15 is 0 Å². The van der Waals surface area contributed by atoms with Crippen LogP contribution in [0.2, 0.25) is 0 Å². The van der Waals surface area contributed by atoms with E-state index in [1.54, 1.807) is 60.7 Å². The van der Waals surface area contributed by atoms with Crippen LogP contribution in [-0.4, -0.2) is 35.8 Å². The lowest BCUT2D eigenvalue weighted by Crippen LogP contribution is -2.45. The molecule has 35 heavy (non-hydrogen) atoms. The van der Waals surface area contributed by atoms with Gasteiger partial charge in [-0.3, -0.25) is 19.3 Å². The van der Waals surface area contributed by atoms with E-state index in [2.05, 4.69) is 0 Å². The Morgan fingerprint density at radius 3 is 2.09 bits per heavy atom. The fraction of sp³-hybridized carbons (Fsp3) is 0.111. The largest absolute Gasteiger partial charge is 0.497 e. The molecule has 3 aromatic carbocycles. The molecule has 0 bridgehead atoms. The second-order valence-corrected chi connectivity index (χ2v) is 7.94. The van der Waals surface area contributed by atoms with Gasteiger partial charge in [-0.15, -0.1) is 0 Å². The Balaban J connectivity index is 1.55. The zero-order chi connectivity index (χ0) is 24.7. The summed E-state index contributed by atoms with van der Waals surface area (Å²) in [7, 11) is 1.53. The third-order valence-electron chi connectivity index (χ3n) is 5.86. The summed E-state index contributed by atoms with van der Waals surface area (Å²) in [6, 6.07) is 18.3. The van der Waals surface area contributed by atoms with Gasteiger partial charge in [-0.2, -0.15) is 0 Å². The molecule has 0 saturated heterocycles. The third kappa shape index (κ3) is 3.65. The van der Waals surface area contributed by atoms with E-state index < -0.39 is 29.3 Å². The fourth-order valence-corrected chi connectivity index (χ4v) is 4.00. The second kappa shape index (κ2) is 8.57. The van der Waals surface area contributed by atoms with Gasteiger partial charge in [0.2, 0.25) is 11.2 Å². The van der Waals surface area contributed by atoms with Crippen LogP contribution in [0, 0.1) is 0 Å². The molecule has 8 heteroatoms. The molecule has 2 heterocycles. The molecule has 1 aliphatic rings. The number of imide groups is 1. The van der Waals surface area contributed by atoms with Gasteiger partial charge in [0.15, 0.2) is 5.76 Å². The molecule has 0 N–H and O–H groups in total. The molecule has 0 saturated carbocycles. The van der Waals surface area contributed by atoms with Crippen LogP contribution in [-0.2, 0) is 4.79 Å². The van der Waals surface area contributed by atoms with E-state index in [0.717, 1.165) is 4.90 Å². The molecule has 174 valence electrons. The number of nitrogens with zero attached hydrogens (tertiary/aromatic N) is 1. The summed E-state index contributed by atoms with van der Waals surface area (Å²) >= 11 is 0. The number of benzene rings is 3. The van der Waals surface area contributed by atoms with Crippen LogP contribution >= 0.6 is 0 Å². The number of methoxy groups -OCH3 is 1. The zero-order valence-electron chi connectivity index (χ0n) is 18.8. The van der Waals surface area contributed by atoms with Gasteiger partial charge in [-0.1, -0.05) is 24.3 Å². The van der Waals surface area contributed by atoms with Crippen molar-refractivity contribution in [3.05, 3.63) is 94.1 Å². The molecule has 0 radical (unpaired) electrons. The van der Waals surface area contributed by atoms with E-state index in [0.29, 0.717) is 16.9 Å². The summed E-state index contributed by atoms with van der Waals surface area (Å²) in [5.74, 6) is -1.85. The quantitative estimate of drug-likeness (QED) is 0.321. The number of para-hydroxylation sites is 1. The first kappa shape index (κ1) is 22.1. The summed E-state index contributed by atoms with van der Waals surface area (Å²) in [6.07, 6.45) is 0. The highest BCUT2D eigenvalue weighted by atomic mass is 16.5. The maximum Gasteiger partial charge on any atom is 0.334 e. The molecule has 1 unspecified atom stereocenters. The maximum absolute atomic E-state index is 13.3. The maximum atomic E-state index is 13.3. The van der Waals surface area contributed by atoms with E-state index in [1.807, 2.05) is 0 Å². The number of hydrogen-bond donors (Lipinski definition) is 0. The molecule has 8 nitrogen and oxygen atoms in total. The van der Waals surface area contributed by atoms with Crippen LogP contribution < -0.4 is 14.9 Å². The van der Waals surface area contributed by atoms with Gasteiger partial charge in [-0.25, -0.2) is 4.79 Å². The SMILES string of the molecule is COc1ccc(-c2oc3ccccc3c(=O)c2OC(=O)C(C)N2C(=O)c3ccccc3C2=O)cc1. The fourth-order valence-electron chi connectivity index (χ4n) is 4.00. The summed E-state index contributed by atoms with van der Waals surface area (Å²) < 4.78 is 16.7. The minimum absolute atomic E-state index is 0.0410. The monoisotopic (exact) mass is 469 g/mol. The molecule has 0 fully saturated rings. The van der Waals surface area contributed by atoms with Gasteiger partial charge in [0.25, 0.3) is 11.8 Å². The second-order valence-electron chi connectivity index (χ2n) is 7.94. The molecule has 0 aliphatic carbocycles. The van der Waals surface area contributed by atoms with Crippen LogP contribution in [0.4, 0.5) is 0 Å². The normalized spacial score (nSPS) is 13.6. The van der Waals surface area contributed by atoms with E-state index in [-0.39, 0.29) is 28.0 Å². The van der Waals surface area contributed by atoms with Gasteiger partial charge >= 0.3 is 5.97 Å². The van der Waals surface area contributed by atoms with Crippen LogP contribution in [0.3, 0.4) is 0 Å². The average molecular weight is 469 g/mol. The lowest BCUT2D eigenvalue weighted by atomic mass is 10.1. The van der Waals surface area contributed by atoms with Crippen molar-refractivity contribution in [1.29, 1.82) is 0 Å². The van der Waals surface area contributed by atoms with E-state index in [4.69, 9.17) is 13.9 Å². The Labute approximate surface area is 199 Å². The highest BCUT2D eigenvalue weighted by Gasteiger charge is 2.41. The van der Waals surface area contributed by atoms with Crippen molar-refractivity contribution >= 4 is 28.8 Å². The Morgan fingerprint density at radius 2 is 1.46 bits per heavy atom. The standard InChI is InChI=1S/C27H19NO7/c1-15(28-25(30)18-7-3-4-8-19(18)26(28)31)27(32)35-24-22(29)20-9-5-6-10-21(20)34-23(24)16-11-13-17(33-2)14-12-16/h3-15H,1-2H3. The van der Waals surface area contributed by atoms with Crippen molar-refractivity contribution < 1.29 is 28.3 Å². The predicted molar refractivity (Wildman–Crippen MR) is 127 cm³/mol. The number of hydrogen-bond acceptors (Lipinski definition) is 7. The lowest BCUT2D eigenvalue weighted by Gasteiger charge is -2.21. The molecule has 0 spiro atoms. The van der Waals surface area contributed by atoms with Crippen molar-refractivity contribution in [2.75, 3.05) is 7.11 Å². The first-order chi connectivity index (χ1) is 16.9. The molecular weight excluding hydrogens is 450 g/mol. The first-order valence-corrected chi connectivity index (χ1v) is 10.8. The number of amides is 2. The summed E-state index contributed by atoms with van der Waals surface area (Å²) in [6.45, 7) is 1.37. The molecule has 4 aromatic rings. The third-order valence-corrected chi connectivity index (χ3v) is 5.86. The number of carbonyl (C=O) groups is 3. The van der Waals surface area contributed by atoms with Crippen LogP contribution in [0.1, 0.15) is 27.6 Å². The van der Waals surface area contributed by atoms with Crippen LogP contribution in [0.5, 0.6) is 11.5 Å². The zero-order valence-corrected chi connectivity index (χ0v) is 18.8. The number of rotatable bonds is 5. The molecule has 1 atom stereocenters. The lowest BCUT2D eigenvalue weighted by molar-refractivity contribution is -0.138. The van der Waals surface area contributed by atoms with Crippen LogP contribution in [0.15, 0.2) is 82.0 Å². The molecular formula is C27H19NO7. The van der Waals surface area contributed by atoms with Gasteiger partial charge in [-0.05, 0) is 55.5 Å².